The molecular weight excluding hydrogens is 402 g/mol. The molecule has 1 aliphatic rings. The number of fused-ring (bicyclic) bond motifs is 1. The van der Waals surface area contributed by atoms with Crippen LogP contribution in [0.5, 0.6) is 11.5 Å². The Kier molecular flexibility index (Phi) is 4.85. The SMILES string of the molecule is COc1ccc(-c2cn3ccc(C)cc3n2)cc1NC(=O)C1(c2ccccc2OC)CC1. The van der Waals surface area contributed by atoms with Gasteiger partial charge in [-0.1, -0.05) is 18.2 Å². The molecule has 2 aromatic heterocycles. The van der Waals surface area contributed by atoms with Crippen LogP contribution in [-0.2, 0) is 10.2 Å². The maximum atomic E-state index is 13.4. The van der Waals surface area contributed by atoms with Gasteiger partial charge in [0.2, 0.25) is 5.91 Å². The number of methoxy groups -OCH3 is 2. The second kappa shape index (κ2) is 7.71. The Labute approximate surface area is 186 Å². The number of amides is 1. The van der Waals surface area contributed by atoms with E-state index in [9.17, 15) is 4.79 Å². The minimum atomic E-state index is -0.575. The van der Waals surface area contributed by atoms with Crippen molar-refractivity contribution in [3.05, 3.63) is 78.1 Å². The van der Waals surface area contributed by atoms with Gasteiger partial charge in [0.15, 0.2) is 0 Å². The van der Waals surface area contributed by atoms with Gasteiger partial charge in [-0.15, -0.1) is 0 Å². The van der Waals surface area contributed by atoms with Gasteiger partial charge in [-0.2, -0.15) is 0 Å². The maximum Gasteiger partial charge on any atom is 0.235 e. The van der Waals surface area contributed by atoms with E-state index in [1.54, 1.807) is 14.2 Å². The van der Waals surface area contributed by atoms with Gasteiger partial charge in [0.25, 0.3) is 0 Å². The topological polar surface area (TPSA) is 64.9 Å². The van der Waals surface area contributed by atoms with Crippen molar-refractivity contribution < 1.29 is 14.3 Å². The molecule has 5 rings (SSSR count). The summed E-state index contributed by atoms with van der Waals surface area (Å²) in [6, 6.07) is 17.6. The van der Waals surface area contributed by atoms with Gasteiger partial charge >= 0.3 is 0 Å². The van der Waals surface area contributed by atoms with E-state index in [1.807, 2.05) is 78.3 Å². The molecule has 1 aliphatic carbocycles. The van der Waals surface area contributed by atoms with E-state index in [2.05, 4.69) is 5.32 Å². The summed E-state index contributed by atoms with van der Waals surface area (Å²) >= 11 is 0. The van der Waals surface area contributed by atoms with E-state index in [0.717, 1.165) is 46.6 Å². The molecule has 2 aromatic carbocycles. The largest absolute Gasteiger partial charge is 0.496 e. The van der Waals surface area contributed by atoms with Gasteiger partial charge in [-0.3, -0.25) is 4.79 Å². The predicted octanol–water partition coefficient (Wildman–Crippen LogP) is 5.00. The number of aryl methyl sites for hydroxylation is 1. The Bertz CT molecular complexity index is 1320. The number of nitrogens with one attached hydrogen (secondary N) is 1. The number of pyridine rings is 1. The number of aromatic nitrogens is 2. The van der Waals surface area contributed by atoms with E-state index in [0.29, 0.717) is 11.4 Å². The first-order valence-corrected chi connectivity index (χ1v) is 10.6. The molecule has 0 bridgehead atoms. The van der Waals surface area contributed by atoms with Crippen LogP contribution >= 0.6 is 0 Å². The van der Waals surface area contributed by atoms with Crippen LogP contribution in [-0.4, -0.2) is 29.5 Å². The highest BCUT2D eigenvalue weighted by Gasteiger charge is 2.53. The number of hydrogen-bond acceptors (Lipinski definition) is 4. The zero-order chi connectivity index (χ0) is 22.3. The lowest BCUT2D eigenvalue weighted by Gasteiger charge is -2.19. The monoisotopic (exact) mass is 427 g/mol. The van der Waals surface area contributed by atoms with Crippen LogP contribution < -0.4 is 14.8 Å². The molecule has 32 heavy (non-hydrogen) atoms. The number of benzene rings is 2. The van der Waals surface area contributed by atoms with E-state index < -0.39 is 5.41 Å². The molecule has 0 unspecified atom stereocenters. The van der Waals surface area contributed by atoms with Gasteiger partial charge in [-0.05, 0) is 61.7 Å². The molecule has 1 N–H and O–H groups in total. The first-order valence-electron chi connectivity index (χ1n) is 10.6. The smallest absolute Gasteiger partial charge is 0.235 e. The molecular formula is C26H25N3O3. The minimum Gasteiger partial charge on any atom is -0.496 e. The van der Waals surface area contributed by atoms with Gasteiger partial charge in [0.05, 0.1) is 31.0 Å². The van der Waals surface area contributed by atoms with Crippen molar-refractivity contribution in [3.63, 3.8) is 0 Å². The molecule has 6 heteroatoms. The van der Waals surface area contributed by atoms with E-state index in [1.165, 1.54) is 0 Å². The molecule has 0 spiro atoms. The number of anilines is 1. The predicted molar refractivity (Wildman–Crippen MR) is 124 cm³/mol. The zero-order valence-electron chi connectivity index (χ0n) is 18.4. The van der Waals surface area contributed by atoms with Crippen molar-refractivity contribution in [3.8, 4) is 22.8 Å². The summed E-state index contributed by atoms with van der Waals surface area (Å²) < 4.78 is 13.0. The normalized spacial score (nSPS) is 14.2. The van der Waals surface area contributed by atoms with Crippen LogP contribution in [0.25, 0.3) is 16.9 Å². The summed E-state index contributed by atoms with van der Waals surface area (Å²) in [5.74, 6) is 1.29. The first kappa shape index (κ1) is 20.1. The number of rotatable bonds is 6. The molecule has 0 aliphatic heterocycles. The summed E-state index contributed by atoms with van der Waals surface area (Å²) in [7, 11) is 3.24. The van der Waals surface area contributed by atoms with Crippen LogP contribution in [0, 0.1) is 6.92 Å². The van der Waals surface area contributed by atoms with E-state index in [4.69, 9.17) is 14.5 Å². The average molecular weight is 428 g/mol. The summed E-state index contributed by atoms with van der Waals surface area (Å²) in [6.07, 6.45) is 5.55. The summed E-state index contributed by atoms with van der Waals surface area (Å²) in [5, 5.41) is 3.11. The molecule has 0 radical (unpaired) electrons. The zero-order valence-corrected chi connectivity index (χ0v) is 18.4. The maximum absolute atomic E-state index is 13.4. The molecule has 0 saturated heterocycles. The van der Waals surface area contributed by atoms with Gasteiger partial charge < -0.3 is 19.2 Å². The lowest BCUT2D eigenvalue weighted by Crippen LogP contribution is -2.28. The molecule has 1 fully saturated rings. The lowest BCUT2D eigenvalue weighted by molar-refractivity contribution is -0.118. The summed E-state index contributed by atoms with van der Waals surface area (Å²) in [4.78, 5) is 18.2. The quantitative estimate of drug-likeness (QED) is 0.470. The van der Waals surface area contributed by atoms with E-state index in [-0.39, 0.29) is 5.91 Å². The van der Waals surface area contributed by atoms with E-state index >= 15 is 0 Å². The summed E-state index contributed by atoms with van der Waals surface area (Å²) in [6.45, 7) is 2.05. The van der Waals surface area contributed by atoms with Gasteiger partial charge in [0, 0.05) is 23.5 Å². The van der Waals surface area contributed by atoms with Crippen LogP contribution in [0.3, 0.4) is 0 Å². The Balaban J connectivity index is 1.48. The average Bonchev–Trinajstić information content (AvgIpc) is 3.52. The fraction of sp³-hybridized carbons (Fsp3) is 0.231. The Morgan fingerprint density at radius 1 is 1.03 bits per heavy atom. The number of ether oxygens (including phenoxy) is 2. The highest BCUT2D eigenvalue weighted by Crippen LogP contribution is 2.52. The van der Waals surface area contributed by atoms with Crippen LogP contribution in [0.1, 0.15) is 24.0 Å². The molecule has 2 heterocycles. The third-order valence-electron chi connectivity index (χ3n) is 6.17. The number of imidazole rings is 1. The van der Waals surface area contributed by atoms with Crippen molar-refractivity contribution in [1.82, 2.24) is 9.38 Å². The number of carbonyl (C=O) groups is 1. The minimum absolute atomic E-state index is 0.0527. The third kappa shape index (κ3) is 3.38. The first-order chi connectivity index (χ1) is 15.5. The Hall–Kier alpha value is -3.80. The highest BCUT2D eigenvalue weighted by molar-refractivity contribution is 6.03. The van der Waals surface area contributed by atoms with Crippen molar-refractivity contribution in [2.24, 2.45) is 0 Å². The van der Waals surface area contributed by atoms with Gasteiger partial charge in [-0.25, -0.2) is 4.98 Å². The number of hydrogen-bond donors (Lipinski definition) is 1. The van der Waals surface area contributed by atoms with Crippen molar-refractivity contribution in [2.75, 3.05) is 19.5 Å². The molecule has 6 nitrogen and oxygen atoms in total. The third-order valence-corrected chi connectivity index (χ3v) is 6.17. The van der Waals surface area contributed by atoms with Gasteiger partial charge in [0.1, 0.15) is 17.1 Å². The Morgan fingerprint density at radius 2 is 1.81 bits per heavy atom. The standard InChI is InChI=1S/C26H25N3O3/c1-17-10-13-29-16-21(27-24(29)14-17)18-8-9-23(32-3)20(15-18)28-25(30)26(11-12-26)19-6-4-5-7-22(19)31-2/h4-10,13-16H,11-12H2,1-3H3,(H,28,30). The van der Waals surface area contributed by atoms with Crippen molar-refractivity contribution >= 4 is 17.2 Å². The van der Waals surface area contributed by atoms with Crippen LogP contribution in [0.4, 0.5) is 5.69 Å². The molecule has 162 valence electrons. The summed E-state index contributed by atoms with van der Waals surface area (Å²) in [5.41, 5.74) is 4.76. The fourth-order valence-corrected chi connectivity index (χ4v) is 4.21. The van der Waals surface area contributed by atoms with Crippen molar-refractivity contribution in [2.45, 2.75) is 25.2 Å². The Morgan fingerprint density at radius 3 is 2.56 bits per heavy atom. The highest BCUT2D eigenvalue weighted by atomic mass is 16.5. The lowest BCUT2D eigenvalue weighted by atomic mass is 9.93. The van der Waals surface area contributed by atoms with Crippen molar-refractivity contribution in [1.29, 1.82) is 0 Å². The number of nitrogens with zero attached hydrogens (tertiary/aromatic N) is 2. The molecule has 1 amide bonds. The second-order valence-electron chi connectivity index (χ2n) is 8.25. The second-order valence-corrected chi connectivity index (χ2v) is 8.25. The number of para-hydroxylation sites is 1. The molecule has 0 atom stereocenters. The van der Waals surface area contributed by atoms with Crippen LogP contribution in [0.2, 0.25) is 0 Å². The van der Waals surface area contributed by atoms with Crippen LogP contribution in [0.15, 0.2) is 67.0 Å². The number of carbonyl (C=O) groups excluding carboxylic acids is 1. The molecule has 1 saturated carbocycles. The fourth-order valence-electron chi connectivity index (χ4n) is 4.21. The molecule has 4 aromatic rings.